The standard InChI is InChI=1S/C15H26N4O/c1-12-17-15(20-18-12)7-9-19-10-8-16-14(11-19)13-5-3-2-4-6-13/h13-14,16H,2-11H2,1H3. The van der Waals surface area contributed by atoms with Gasteiger partial charge in [-0.2, -0.15) is 4.98 Å². The molecule has 112 valence electrons. The van der Waals surface area contributed by atoms with Crippen molar-refractivity contribution in [3.8, 4) is 0 Å². The molecule has 1 aliphatic heterocycles. The molecule has 2 fully saturated rings. The lowest BCUT2D eigenvalue weighted by Crippen LogP contribution is -2.54. The number of aryl methyl sites for hydroxylation is 1. The Bertz CT molecular complexity index is 414. The number of hydrogen-bond donors (Lipinski definition) is 1. The second-order valence-corrected chi connectivity index (χ2v) is 6.24. The quantitative estimate of drug-likeness (QED) is 0.910. The van der Waals surface area contributed by atoms with Crippen molar-refractivity contribution in [2.75, 3.05) is 26.2 Å². The van der Waals surface area contributed by atoms with E-state index in [1.807, 2.05) is 6.92 Å². The molecule has 1 saturated carbocycles. The Kier molecular flexibility index (Phi) is 4.68. The number of nitrogens with one attached hydrogen (secondary N) is 1. The SMILES string of the molecule is Cc1noc(CCN2CCNC(C3CCCCC3)C2)n1. The van der Waals surface area contributed by atoms with Crippen molar-refractivity contribution in [1.29, 1.82) is 0 Å². The van der Waals surface area contributed by atoms with Gasteiger partial charge in [-0.25, -0.2) is 0 Å². The second-order valence-electron chi connectivity index (χ2n) is 6.24. The monoisotopic (exact) mass is 278 g/mol. The van der Waals surface area contributed by atoms with Gasteiger partial charge in [-0.1, -0.05) is 24.4 Å². The highest BCUT2D eigenvalue weighted by atomic mass is 16.5. The molecule has 1 aromatic heterocycles. The first-order valence-electron chi connectivity index (χ1n) is 8.06. The van der Waals surface area contributed by atoms with Crippen LogP contribution < -0.4 is 5.32 Å². The lowest BCUT2D eigenvalue weighted by atomic mass is 9.83. The van der Waals surface area contributed by atoms with Crippen molar-refractivity contribution in [2.45, 2.75) is 51.5 Å². The average molecular weight is 278 g/mol. The predicted octanol–water partition coefficient (Wildman–Crippen LogP) is 1.77. The minimum absolute atomic E-state index is 0.688. The molecular weight excluding hydrogens is 252 g/mol. The fourth-order valence-electron chi connectivity index (χ4n) is 3.59. The number of aromatic nitrogens is 2. The summed E-state index contributed by atoms with van der Waals surface area (Å²) in [6.45, 7) is 6.33. The molecule has 1 unspecified atom stereocenters. The highest BCUT2D eigenvalue weighted by Gasteiger charge is 2.27. The largest absolute Gasteiger partial charge is 0.339 e. The molecule has 0 bridgehead atoms. The summed E-state index contributed by atoms with van der Waals surface area (Å²) in [6.07, 6.45) is 7.97. The summed E-state index contributed by atoms with van der Waals surface area (Å²) in [5.74, 6) is 2.40. The van der Waals surface area contributed by atoms with Crippen molar-refractivity contribution >= 4 is 0 Å². The molecule has 20 heavy (non-hydrogen) atoms. The molecule has 1 N–H and O–H groups in total. The first kappa shape index (κ1) is 14.0. The van der Waals surface area contributed by atoms with E-state index >= 15 is 0 Å². The van der Waals surface area contributed by atoms with Gasteiger partial charge < -0.3 is 14.7 Å². The molecule has 5 nitrogen and oxygen atoms in total. The van der Waals surface area contributed by atoms with Crippen LogP contribution in [0.25, 0.3) is 0 Å². The van der Waals surface area contributed by atoms with E-state index in [2.05, 4.69) is 20.4 Å². The summed E-state index contributed by atoms with van der Waals surface area (Å²) in [4.78, 5) is 6.83. The van der Waals surface area contributed by atoms with E-state index in [0.29, 0.717) is 6.04 Å². The Balaban J connectivity index is 1.47. The van der Waals surface area contributed by atoms with Crippen molar-refractivity contribution in [1.82, 2.24) is 20.4 Å². The molecule has 3 rings (SSSR count). The smallest absolute Gasteiger partial charge is 0.227 e. The summed E-state index contributed by atoms with van der Waals surface area (Å²) >= 11 is 0. The molecule has 0 amide bonds. The first-order chi connectivity index (χ1) is 9.81. The van der Waals surface area contributed by atoms with E-state index in [4.69, 9.17) is 4.52 Å². The van der Waals surface area contributed by atoms with Crippen LogP contribution in [0.3, 0.4) is 0 Å². The maximum atomic E-state index is 5.20. The van der Waals surface area contributed by atoms with Crippen LogP contribution >= 0.6 is 0 Å². The summed E-state index contributed by atoms with van der Waals surface area (Å²) in [5.41, 5.74) is 0. The van der Waals surface area contributed by atoms with E-state index in [0.717, 1.165) is 43.7 Å². The number of hydrogen-bond acceptors (Lipinski definition) is 5. The Morgan fingerprint density at radius 1 is 1.30 bits per heavy atom. The minimum Gasteiger partial charge on any atom is -0.339 e. The molecule has 5 heteroatoms. The van der Waals surface area contributed by atoms with Gasteiger partial charge in [-0.15, -0.1) is 0 Å². The average Bonchev–Trinajstić information content (AvgIpc) is 2.92. The zero-order chi connectivity index (χ0) is 13.8. The third kappa shape index (κ3) is 3.58. The van der Waals surface area contributed by atoms with Crippen LogP contribution in [-0.4, -0.2) is 47.3 Å². The van der Waals surface area contributed by atoms with Crippen LogP contribution in [0.4, 0.5) is 0 Å². The number of rotatable bonds is 4. The molecule has 0 radical (unpaired) electrons. The fourth-order valence-corrected chi connectivity index (χ4v) is 3.59. The number of nitrogens with zero attached hydrogens (tertiary/aromatic N) is 3. The van der Waals surface area contributed by atoms with Gasteiger partial charge in [0.25, 0.3) is 0 Å². The molecule has 0 aromatic carbocycles. The Hall–Kier alpha value is -0.940. The van der Waals surface area contributed by atoms with Crippen molar-refractivity contribution in [3.05, 3.63) is 11.7 Å². The van der Waals surface area contributed by atoms with Gasteiger partial charge in [0.05, 0.1) is 0 Å². The zero-order valence-corrected chi connectivity index (χ0v) is 12.5. The van der Waals surface area contributed by atoms with E-state index < -0.39 is 0 Å². The van der Waals surface area contributed by atoms with Crippen LogP contribution in [0, 0.1) is 12.8 Å². The van der Waals surface area contributed by atoms with Crippen LogP contribution in [0.15, 0.2) is 4.52 Å². The molecule has 2 heterocycles. The van der Waals surface area contributed by atoms with Gasteiger partial charge in [0.15, 0.2) is 5.82 Å². The Labute approximate surface area is 121 Å². The summed E-state index contributed by atoms with van der Waals surface area (Å²) in [6, 6.07) is 0.688. The van der Waals surface area contributed by atoms with E-state index in [1.54, 1.807) is 0 Å². The topological polar surface area (TPSA) is 54.2 Å². The van der Waals surface area contributed by atoms with Gasteiger partial charge in [-0.3, -0.25) is 0 Å². The normalized spacial score (nSPS) is 25.9. The highest BCUT2D eigenvalue weighted by molar-refractivity contribution is 4.88. The van der Waals surface area contributed by atoms with Gasteiger partial charge in [0, 0.05) is 38.6 Å². The van der Waals surface area contributed by atoms with Crippen LogP contribution in [0.2, 0.25) is 0 Å². The molecule has 1 atom stereocenters. The third-order valence-corrected chi connectivity index (χ3v) is 4.72. The molecule has 1 saturated heterocycles. The molecule has 2 aliphatic rings. The van der Waals surface area contributed by atoms with Crippen molar-refractivity contribution < 1.29 is 4.52 Å². The summed E-state index contributed by atoms with van der Waals surface area (Å²) in [5, 5.41) is 7.58. The maximum absolute atomic E-state index is 5.20. The summed E-state index contributed by atoms with van der Waals surface area (Å²) < 4.78 is 5.20. The van der Waals surface area contributed by atoms with Gasteiger partial charge in [-0.05, 0) is 25.7 Å². The van der Waals surface area contributed by atoms with Gasteiger partial charge >= 0.3 is 0 Å². The van der Waals surface area contributed by atoms with Gasteiger partial charge in [0.2, 0.25) is 5.89 Å². The first-order valence-corrected chi connectivity index (χ1v) is 8.06. The van der Waals surface area contributed by atoms with E-state index in [9.17, 15) is 0 Å². The fraction of sp³-hybridized carbons (Fsp3) is 0.867. The Morgan fingerprint density at radius 3 is 2.90 bits per heavy atom. The Morgan fingerprint density at radius 2 is 2.15 bits per heavy atom. The zero-order valence-electron chi connectivity index (χ0n) is 12.5. The van der Waals surface area contributed by atoms with Crippen molar-refractivity contribution in [2.24, 2.45) is 5.92 Å². The summed E-state index contributed by atoms with van der Waals surface area (Å²) in [7, 11) is 0. The maximum Gasteiger partial charge on any atom is 0.227 e. The highest BCUT2D eigenvalue weighted by Crippen LogP contribution is 2.27. The predicted molar refractivity (Wildman–Crippen MR) is 77.5 cm³/mol. The third-order valence-electron chi connectivity index (χ3n) is 4.72. The number of piperazine rings is 1. The van der Waals surface area contributed by atoms with Crippen LogP contribution in [0.1, 0.15) is 43.8 Å². The van der Waals surface area contributed by atoms with E-state index in [1.165, 1.54) is 38.6 Å². The lowest BCUT2D eigenvalue weighted by Gasteiger charge is -2.39. The van der Waals surface area contributed by atoms with E-state index in [-0.39, 0.29) is 0 Å². The second kappa shape index (κ2) is 6.68. The minimum atomic E-state index is 0.688. The van der Waals surface area contributed by atoms with Crippen LogP contribution in [-0.2, 0) is 6.42 Å². The molecule has 1 aromatic rings. The molecule has 0 spiro atoms. The van der Waals surface area contributed by atoms with Crippen molar-refractivity contribution in [3.63, 3.8) is 0 Å². The molecule has 1 aliphatic carbocycles. The van der Waals surface area contributed by atoms with Crippen LogP contribution in [0.5, 0.6) is 0 Å². The van der Waals surface area contributed by atoms with Gasteiger partial charge in [0.1, 0.15) is 0 Å². The molecular formula is C15H26N4O. The lowest BCUT2D eigenvalue weighted by molar-refractivity contribution is 0.145.